The molecule has 21 heavy (non-hydrogen) atoms. The van der Waals surface area contributed by atoms with E-state index in [0.717, 1.165) is 0 Å². The van der Waals surface area contributed by atoms with Crippen molar-refractivity contribution in [1.82, 2.24) is 0 Å². The summed E-state index contributed by atoms with van der Waals surface area (Å²) in [6.45, 7) is 0.176. The highest BCUT2D eigenvalue weighted by atomic mass is 19.1. The number of ketones is 1. The first-order chi connectivity index (χ1) is 10.2. The summed E-state index contributed by atoms with van der Waals surface area (Å²) in [5.41, 5.74) is 1.21. The SMILES string of the molecule is O=C(/C=C/Nc1ccc(F)cc1)c1ccc2c(c1)OCO2. The number of hydrogen-bond donors (Lipinski definition) is 1. The van der Waals surface area contributed by atoms with Crippen LogP contribution in [0, 0.1) is 5.82 Å². The van der Waals surface area contributed by atoms with E-state index in [2.05, 4.69) is 5.32 Å². The van der Waals surface area contributed by atoms with Gasteiger partial charge in [-0.15, -0.1) is 0 Å². The normalized spacial score (nSPS) is 12.6. The first kappa shape index (κ1) is 13.2. The van der Waals surface area contributed by atoms with Crippen LogP contribution in [0.4, 0.5) is 10.1 Å². The van der Waals surface area contributed by atoms with Crippen LogP contribution in [-0.2, 0) is 0 Å². The Morgan fingerprint density at radius 1 is 1.10 bits per heavy atom. The molecule has 4 nitrogen and oxygen atoms in total. The molecular formula is C16H12FNO3. The Kier molecular flexibility index (Phi) is 3.55. The zero-order valence-electron chi connectivity index (χ0n) is 11.0. The van der Waals surface area contributed by atoms with Gasteiger partial charge in [-0.25, -0.2) is 4.39 Å². The maximum absolute atomic E-state index is 12.7. The van der Waals surface area contributed by atoms with Gasteiger partial charge in [0.2, 0.25) is 6.79 Å². The summed E-state index contributed by atoms with van der Waals surface area (Å²) in [6.07, 6.45) is 2.92. The van der Waals surface area contributed by atoms with Crippen molar-refractivity contribution in [2.24, 2.45) is 0 Å². The Bertz CT molecular complexity index is 695. The molecule has 0 saturated carbocycles. The van der Waals surface area contributed by atoms with Crippen molar-refractivity contribution in [1.29, 1.82) is 0 Å². The Morgan fingerprint density at radius 2 is 1.86 bits per heavy atom. The fourth-order valence-electron chi connectivity index (χ4n) is 1.91. The van der Waals surface area contributed by atoms with Gasteiger partial charge in [-0.2, -0.15) is 0 Å². The van der Waals surface area contributed by atoms with Gasteiger partial charge in [0.25, 0.3) is 0 Å². The number of ether oxygens (including phenoxy) is 2. The highest BCUT2D eigenvalue weighted by Gasteiger charge is 2.14. The number of nitrogens with one attached hydrogen (secondary N) is 1. The summed E-state index contributed by atoms with van der Waals surface area (Å²) in [5, 5.41) is 2.90. The van der Waals surface area contributed by atoms with Gasteiger partial charge in [0.05, 0.1) is 0 Å². The number of carbonyl (C=O) groups excluding carboxylic acids is 1. The van der Waals surface area contributed by atoms with Crippen molar-refractivity contribution < 1.29 is 18.7 Å². The number of halogens is 1. The quantitative estimate of drug-likeness (QED) is 0.691. The lowest BCUT2D eigenvalue weighted by Gasteiger charge is -2.01. The summed E-state index contributed by atoms with van der Waals surface area (Å²) >= 11 is 0. The second kappa shape index (κ2) is 5.66. The number of allylic oxidation sites excluding steroid dienone is 1. The molecule has 0 aromatic heterocycles. The molecule has 1 aliphatic heterocycles. The van der Waals surface area contributed by atoms with Gasteiger partial charge < -0.3 is 14.8 Å². The fourth-order valence-corrected chi connectivity index (χ4v) is 1.91. The smallest absolute Gasteiger partial charge is 0.231 e. The number of anilines is 1. The van der Waals surface area contributed by atoms with Gasteiger partial charge in [-0.3, -0.25) is 4.79 Å². The van der Waals surface area contributed by atoms with Crippen LogP contribution in [0.25, 0.3) is 0 Å². The lowest BCUT2D eigenvalue weighted by Crippen LogP contribution is -1.96. The van der Waals surface area contributed by atoms with Gasteiger partial charge in [-0.1, -0.05) is 0 Å². The predicted octanol–water partition coefficient (Wildman–Crippen LogP) is 3.36. The molecule has 0 amide bonds. The van der Waals surface area contributed by atoms with E-state index >= 15 is 0 Å². The van der Waals surface area contributed by atoms with Crippen molar-refractivity contribution in [3.8, 4) is 11.5 Å². The Labute approximate surface area is 120 Å². The van der Waals surface area contributed by atoms with E-state index in [-0.39, 0.29) is 18.4 Å². The molecule has 1 N–H and O–H groups in total. The van der Waals surface area contributed by atoms with E-state index in [1.54, 1.807) is 30.3 Å². The molecule has 3 rings (SSSR count). The lowest BCUT2D eigenvalue weighted by molar-refractivity contribution is 0.104. The highest BCUT2D eigenvalue weighted by molar-refractivity contribution is 6.05. The number of fused-ring (bicyclic) bond motifs is 1. The maximum atomic E-state index is 12.7. The molecule has 0 bridgehead atoms. The first-order valence-electron chi connectivity index (χ1n) is 6.35. The van der Waals surface area contributed by atoms with Crippen LogP contribution in [0.2, 0.25) is 0 Å². The van der Waals surface area contributed by atoms with Crippen molar-refractivity contribution in [2.75, 3.05) is 12.1 Å². The average molecular weight is 285 g/mol. The zero-order valence-corrected chi connectivity index (χ0v) is 11.0. The lowest BCUT2D eigenvalue weighted by atomic mass is 10.1. The largest absolute Gasteiger partial charge is 0.454 e. The number of benzene rings is 2. The molecule has 2 aromatic rings. The highest BCUT2D eigenvalue weighted by Crippen LogP contribution is 2.32. The van der Waals surface area contributed by atoms with E-state index in [4.69, 9.17) is 9.47 Å². The Morgan fingerprint density at radius 3 is 2.67 bits per heavy atom. The zero-order chi connectivity index (χ0) is 14.7. The van der Waals surface area contributed by atoms with Gasteiger partial charge in [-0.05, 0) is 42.5 Å². The van der Waals surface area contributed by atoms with Crippen LogP contribution in [0.3, 0.4) is 0 Å². The monoisotopic (exact) mass is 285 g/mol. The summed E-state index contributed by atoms with van der Waals surface area (Å²) in [7, 11) is 0. The second-order valence-corrected chi connectivity index (χ2v) is 4.42. The minimum Gasteiger partial charge on any atom is -0.454 e. The number of hydrogen-bond acceptors (Lipinski definition) is 4. The van der Waals surface area contributed by atoms with Crippen LogP contribution in [-0.4, -0.2) is 12.6 Å². The minimum absolute atomic E-state index is 0.164. The molecule has 0 saturated heterocycles. The first-order valence-corrected chi connectivity index (χ1v) is 6.35. The second-order valence-electron chi connectivity index (χ2n) is 4.42. The Hall–Kier alpha value is -2.82. The molecule has 1 heterocycles. The van der Waals surface area contributed by atoms with Crippen molar-refractivity contribution in [2.45, 2.75) is 0 Å². The van der Waals surface area contributed by atoms with Crippen LogP contribution in [0.15, 0.2) is 54.7 Å². The summed E-state index contributed by atoms with van der Waals surface area (Å²) in [6, 6.07) is 10.9. The molecule has 0 atom stereocenters. The maximum Gasteiger partial charge on any atom is 0.231 e. The van der Waals surface area contributed by atoms with Crippen LogP contribution in [0.5, 0.6) is 11.5 Å². The van der Waals surface area contributed by atoms with Gasteiger partial charge in [0.15, 0.2) is 17.3 Å². The summed E-state index contributed by atoms with van der Waals surface area (Å²) < 4.78 is 23.2. The summed E-state index contributed by atoms with van der Waals surface area (Å²) in [4.78, 5) is 12.0. The van der Waals surface area contributed by atoms with Crippen molar-refractivity contribution in [3.63, 3.8) is 0 Å². The molecular weight excluding hydrogens is 273 g/mol. The van der Waals surface area contributed by atoms with E-state index in [1.807, 2.05) is 0 Å². The van der Waals surface area contributed by atoms with Crippen LogP contribution < -0.4 is 14.8 Å². The van der Waals surface area contributed by atoms with E-state index < -0.39 is 0 Å². The molecule has 0 fully saturated rings. The molecule has 0 spiro atoms. The molecule has 1 aliphatic rings. The van der Waals surface area contributed by atoms with Crippen LogP contribution in [0.1, 0.15) is 10.4 Å². The summed E-state index contributed by atoms with van der Waals surface area (Å²) in [5.74, 6) is 0.740. The van der Waals surface area contributed by atoms with Crippen molar-refractivity contribution >= 4 is 11.5 Å². The molecule has 0 unspecified atom stereocenters. The van der Waals surface area contributed by atoms with Crippen molar-refractivity contribution in [3.05, 3.63) is 66.1 Å². The third-order valence-electron chi connectivity index (χ3n) is 2.99. The van der Waals surface area contributed by atoms with E-state index in [9.17, 15) is 9.18 Å². The van der Waals surface area contributed by atoms with E-state index in [1.165, 1.54) is 24.4 Å². The Balaban J connectivity index is 1.65. The molecule has 106 valence electrons. The number of carbonyl (C=O) groups is 1. The predicted molar refractivity (Wildman–Crippen MR) is 76.1 cm³/mol. The minimum atomic E-state index is -0.305. The molecule has 5 heteroatoms. The van der Waals surface area contributed by atoms with Gasteiger partial charge in [0, 0.05) is 23.5 Å². The van der Waals surface area contributed by atoms with Crippen LogP contribution >= 0.6 is 0 Å². The molecule has 0 radical (unpaired) electrons. The van der Waals surface area contributed by atoms with Gasteiger partial charge >= 0.3 is 0 Å². The average Bonchev–Trinajstić information content (AvgIpc) is 2.96. The molecule has 0 aliphatic carbocycles. The fraction of sp³-hybridized carbons (Fsp3) is 0.0625. The molecule has 2 aromatic carbocycles. The number of rotatable bonds is 4. The van der Waals surface area contributed by atoms with E-state index in [0.29, 0.717) is 22.7 Å². The van der Waals surface area contributed by atoms with Gasteiger partial charge in [0.1, 0.15) is 5.82 Å². The standard InChI is InChI=1S/C16H12FNO3/c17-12-2-4-13(5-3-12)18-8-7-14(19)11-1-6-15-16(9-11)21-10-20-15/h1-9,18H,10H2/b8-7+. The topological polar surface area (TPSA) is 47.6 Å². The third-order valence-corrected chi connectivity index (χ3v) is 2.99. The third kappa shape index (κ3) is 3.02.